The summed E-state index contributed by atoms with van der Waals surface area (Å²) in [5.74, 6) is 0.588. The van der Waals surface area contributed by atoms with Crippen molar-refractivity contribution in [2.75, 3.05) is 37.0 Å². The van der Waals surface area contributed by atoms with Crippen molar-refractivity contribution in [3.05, 3.63) is 59.2 Å². The highest BCUT2D eigenvalue weighted by Gasteiger charge is 2.57. The third-order valence-corrected chi connectivity index (χ3v) is 7.32. The van der Waals surface area contributed by atoms with Crippen molar-refractivity contribution in [2.24, 2.45) is 0 Å². The minimum atomic E-state index is -0.669. The molecule has 3 aliphatic rings. The van der Waals surface area contributed by atoms with Crippen molar-refractivity contribution in [1.82, 2.24) is 0 Å². The quantitative estimate of drug-likeness (QED) is 0.643. The Morgan fingerprint density at radius 2 is 1.84 bits per heavy atom. The molecule has 3 heterocycles. The van der Waals surface area contributed by atoms with Crippen LogP contribution in [0.4, 0.5) is 11.4 Å². The highest BCUT2D eigenvalue weighted by molar-refractivity contribution is 5.91. The van der Waals surface area contributed by atoms with Crippen LogP contribution in [0.1, 0.15) is 54.6 Å². The van der Waals surface area contributed by atoms with E-state index in [2.05, 4.69) is 61.0 Å². The molecule has 2 aromatic carbocycles. The van der Waals surface area contributed by atoms with E-state index in [1.165, 1.54) is 32.1 Å². The maximum absolute atomic E-state index is 12.1. The first-order valence-electron chi connectivity index (χ1n) is 11.1. The van der Waals surface area contributed by atoms with Gasteiger partial charge >= 0.3 is 5.97 Å². The molecule has 0 aliphatic carbocycles. The van der Waals surface area contributed by atoms with E-state index in [0.29, 0.717) is 5.56 Å². The number of hydrogen-bond acceptors (Lipinski definition) is 5. The number of hydrogen-bond donors (Lipinski definition) is 0. The summed E-state index contributed by atoms with van der Waals surface area (Å²) in [7, 11) is 3.48. The summed E-state index contributed by atoms with van der Waals surface area (Å²) in [5, 5.41) is 0. The van der Waals surface area contributed by atoms with Gasteiger partial charge in [0.25, 0.3) is 0 Å². The minimum absolute atomic E-state index is 0.321. The molecule has 0 amide bonds. The molecule has 0 N–H and O–H groups in total. The monoisotopic (exact) mass is 418 g/mol. The zero-order chi connectivity index (χ0) is 21.8. The van der Waals surface area contributed by atoms with E-state index >= 15 is 0 Å². The normalized spacial score (nSPS) is 23.4. The van der Waals surface area contributed by atoms with Gasteiger partial charge in [-0.3, -0.25) is 0 Å². The molecular formula is C26H30N2O3. The highest BCUT2D eigenvalue weighted by Crippen LogP contribution is 2.54. The van der Waals surface area contributed by atoms with Crippen LogP contribution in [0.15, 0.2) is 42.5 Å². The van der Waals surface area contributed by atoms with Crippen molar-refractivity contribution < 1.29 is 14.3 Å². The van der Waals surface area contributed by atoms with Gasteiger partial charge in [-0.25, -0.2) is 4.79 Å². The van der Waals surface area contributed by atoms with E-state index < -0.39 is 5.72 Å². The zero-order valence-corrected chi connectivity index (χ0v) is 18.8. The lowest BCUT2D eigenvalue weighted by Crippen LogP contribution is -2.58. The molecule has 5 heteroatoms. The first kappa shape index (κ1) is 20.0. The Hall–Kier alpha value is -2.95. The largest absolute Gasteiger partial charge is 0.465 e. The standard InChI is InChI=1S/C26H30N2O3/c1-25(2)21-16-19(24(29)30-4)9-11-22(21)27(3)26(25)13-12-18-8-10-20(17-23(18)31-26)28-14-6-5-7-15-28/h8-13,16-17H,5-7,14-15H2,1-4H3. The van der Waals surface area contributed by atoms with Gasteiger partial charge in [0.05, 0.1) is 18.1 Å². The fourth-order valence-corrected chi connectivity index (χ4v) is 5.38. The number of methoxy groups -OCH3 is 1. The van der Waals surface area contributed by atoms with Crippen LogP contribution in [0.25, 0.3) is 6.08 Å². The molecule has 1 saturated heterocycles. The number of carbonyl (C=O) groups excluding carboxylic acids is 1. The molecule has 5 rings (SSSR count). The molecule has 2 aromatic rings. The number of carbonyl (C=O) groups is 1. The van der Waals surface area contributed by atoms with E-state index in [1.807, 2.05) is 18.2 Å². The number of rotatable bonds is 2. The topological polar surface area (TPSA) is 42.0 Å². The van der Waals surface area contributed by atoms with Gasteiger partial charge in [0.15, 0.2) is 0 Å². The smallest absolute Gasteiger partial charge is 0.337 e. The fourth-order valence-electron chi connectivity index (χ4n) is 5.38. The van der Waals surface area contributed by atoms with Gasteiger partial charge in [-0.15, -0.1) is 0 Å². The summed E-state index contributed by atoms with van der Waals surface area (Å²) in [6.45, 7) is 6.57. The van der Waals surface area contributed by atoms with Gasteiger partial charge in [-0.05, 0) is 81.2 Å². The van der Waals surface area contributed by atoms with Gasteiger partial charge in [0, 0.05) is 43.1 Å². The zero-order valence-electron chi connectivity index (χ0n) is 18.8. The summed E-state index contributed by atoms with van der Waals surface area (Å²) in [6.07, 6.45) is 8.14. The summed E-state index contributed by atoms with van der Waals surface area (Å²) in [6, 6.07) is 12.3. The molecule has 5 nitrogen and oxygen atoms in total. The predicted octanol–water partition coefficient (Wildman–Crippen LogP) is 4.99. The molecule has 3 aliphatic heterocycles. The number of piperidine rings is 1. The molecule has 1 atom stereocenters. The second-order valence-electron chi connectivity index (χ2n) is 9.31. The summed E-state index contributed by atoms with van der Waals surface area (Å²) in [5.41, 5.74) is 3.99. The molecule has 1 spiro atoms. The molecule has 1 unspecified atom stereocenters. The van der Waals surface area contributed by atoms with Crippen LogP contribution in [0.3, 0.4) is 0 Å². The van der Waals surface area contributed by atoms with Crippen LogP contribution >= 0.6 is 0 Å². The Morgan fingerprint density at radius 3 is 2.58 bits per heavy atom. The van der Waals surface area contributed by atoms with Gasteiger partial charge < -0.3 is 19.3 Å². The third-order valence-electron chi connectivity index (χ3n) is 7.32. The molecule has 0 aromatic heterocycles. The average molecular weight is 419 g/mol. The van der Waals surface area contributed by atoms with Gasteiger partial charge in [0.2, 0.25) is 5.72 Å². The van der Waals surface area contributed by atoms with Crippen LogP contribution in [-0.2, 0) is 10.2 Å². The second-order valence-corrected chi connectivity index (χ2v) is 9.31. The van der Waals surface area contributed by atoms with Crippen molar-refractivity contribution in [2.45, 2.75) is 44.2 Å². The van der Waals surface area contributed by atoms with E-state index in [-0.39, 0.29) is 11.4 Å². The molecule has 0 radical (unpaired) electrons. The lowest BCUT2D eigenvalue weighted by atomic mass is 9.76. The minimum Gasteiger partial charge on any atom is -0.465 e. The summed E-state index contributed by atoms with van der Waals surface area (Å²) >= 11 is 0. The summed E-state index contributed by atoms with van der Waals surface area (Å²) < 4.78 is 11.8. The number of esters is 1. The summed E-state index contributed by atoms with van der Waals surface area (Å²) in [4.78, 5) is 16.8. The van der Waals surface area contributed by atoms with Crippen LogP contribution in [0.5, 0.6) is 5.75 Å². The van der Waals surface area contributed by atoms with Crippen molar-refractivity contribution in [3.8, 4) is 5.75 Å². The van der Waals surface area contributed by atoms with E-state index in [1.54, 1.807) is 0 Å². The van der Waals surface area contributed by atoms with E-state index in [9.17, 15) is 4.79 Å². The Morgan fingerprint density at radius 1 is 1.06 bits per heavy atom. The molecule has 0 saturated carbocycles. The number of benzene rings is 2. The van der Waals surface area contributed by atoms with Crippen LogP contribution in [0.2, 0.25) is 0 Å². The van der Waals surface area contributed by atoms with Gasteiger partial charge in [-0.2, -0.15) is 0 Å². The lowest BCUT2D eigenvalue weighted by Gasteiger charge is -2.46. The maximum atomic E-state index is 12.1. The third kappa shape index (κ3) is 2.86. The van der Waals surface area contributed by atoms with Crippen LogP contribution in [-0.4, -0.2) is 38.9 Å². The number of likely N-dealkylation sites (N-methyl/N-ethyl adjacent to an activating group) is 1. The van der Waals surface area contributed by atoms with E-state index in [4.69, 9.17) is 9.47 Å². The first-order valence-corrected chi connectivity index (χ1v) is 11.1. The Kier molecular flexibility index (Phi) is 4.54. The van der Waals surface area contributed by atoms with E-state index in [0.717, 1.165) is 35.7 Å². The van der Waals surface area contributed by atoms with Gasteiger partial charge in [0.1, 0.15) is 5.75 Å². The molecule has 0 bridgehead atoms. The lowest BCUT2D eigenvalue weighted by molar-refractivity contribution is 0.0573. The van der Waals surface area contributed by atoms with Crippen LogP contribution in [0, 0.1) is 0 Å². The Bertz CT molecular complexity index is 1070. The second kappa shape index (κ2) is 7.04. The van der Waals surface area contributed by atoms with Crippen LogP contribution < -0.4 is 14.5 Å². The number of ether oxygens (including phenoxy) is 2. The van der Waals surface area contributed by atoms with Crippen molar-refractivity contribution in [1.29, 1.82) is 0 Å². The number of anilines is 2. The Balaban J connectivity index is 1.54. The maximum Gasteiger partial charge on any atom is 0.337 e. The SMILES string of the molecule is COC(=O)c1ccc2c(c1)C(C)(C)C1(C=Cc3ccc(N4CCCCC4)cc3O1)N2C. The molecule has 31 heavy (non-hydrogen) atoms. The number of fused-ring (bicyclic) bond motifs is 2. The number of nitrogens with zero attached hydrogens (tertiary/aromatic N) is 2. The highest BCUT2D eigenvalue weighted by atomic mass is 16.5. The van der Waals surface area contributed by atoms with Crippen molar-refractivity contribution in [3.63, 3.8) is 0 Å². The van der Waals surface area contributed by atoms with Gasteiger partial charge in [-0.1, -0.05) is 0 Å². The fraction of sp³-hybridized carbons (Fsp3) is 0.423. The Labute approximate surface area is 184 Å². The first-order chi connectivity index (χ1) is 14.9. The molecular weight excluding hydrogens is 388 g/mol. The molecule has 1 fully saturated rings. The molecule has 162 valence electrons. The van der Waals surface area contributed by atoms with Crippen molar-refractivity contribution >= 4 is 23.4 Å². The predicted molar refractivity (Wildman–Crippen MR) is 124 cm³/mol. The average Bonchev–Trinajstić information content (AvgIpc) is 2.96.